The molecule has 0 bridgehead atoms. The Morgan fingerprint density at radius 2 is 2.08 bits per heavy atom. The minimum absolute atomic E-state index is 0.124. The van der Waals surface area contributed by atoms with Crippen LogP contribution in [-0.2, 0) is 16.1 Å². The number of nitrogens with zero attached hydrogens (tertiary/aromatic N) is 2. The van der Waals surface area contributed by atoms with Crippen molar-refractivity contribution in [3.8, 4) is 0 Å². The number of hydrazine groups is 1. The molecule has 2 aromatic rings. The Balaban J connectivity index is 1.66. The molecule has 7 heteroatoms. The molecular formula is C17H15BrN4O2. The van der Waals surface area contributed by atoms with Gasteiger partial charge in [0, 0.05) is 29.8 Å². The fourth-order valence-corrected chi connectivity index (χ4v) is 2.50. The first-order valence-electron chi connectivity index (χ1n) is 7.36. The van der Waals surface area contributed by atoms with E-state index in [1.807, 2.05) is 24.3 Å². The van der Waals surface area contributed by atoms with E-state index < -0.39 is 0 Å². The summed E-state index contributed by atoms with van der Waals surface area (Å²) in [6.07, 6.45) is 5.13. The Morgan fingerprint density at radius 3 is 2.79 bits per heavy atom. The Hall–Kier alpha value is -2.67. The first-order valence-corrected chi connectivity index (χ1v) is 8.15. The first kappa shape index (κ1) is 16.2. The number of amides is 2. The summed E-state index contributed by atoms with van der Waals surface area (Å²) in [7, 11) is 0. The molecule has 0 spiro atoms. The average Bonchev–Trinajstić information content (AvgIpc) is 2.62. The number of rotatable bonds is 4. The molecule has 6 nitrogen and oxygen atoms in total. The van der Waals surface area contributed by atoms with E-state index in [4.69, 9.17) is 0 Å². The molecule has 122 valence electrons. The number of carbonyl (C=O) groups excluding carboxylic acids is 2. The number of hydrogen-bond acceptors (Lipinski definition) is 4. The Morgan fingerprint density at radius 1 is 1.29 bits per heavy atom. The van der Waals surface area contributed by atoms with E-state index in [1.165, 1.54) is 5.01 Å². The topological polar surface area (TPSA) is 74.3 Å². The molecular weight excluding hydrogens is 372 g/mol. The van der Waals surface area contributed by atoms with Gasteiger partial charge in [0.2, 0.25) is 5.91 Å². The summed E-state index contributed by atoms with van der Waals surface area (Å²) in [5, 5.41) is 4.19. The van der Waals surface area contributed by atoms with Gasteiger partial charge in [-0.1, -0.05) is 22.0 Å². The number of anilines is 1. The Kier molecular flexibility index (Phi) is 4.90. The lowest BCUT2D eigenvalue weighted by Gasteiger charge is -2.28. The van der Waals surface area contributed by atoms with Crippen LogP contribution < -0.4 is 15.8 Å². The fraction of sp³-hybridized carbons (Fsp3) is 0.118. The predicted molar refractivity (Wildman–Crippen MR) is 93.5 cm³/mol. The van der Waals surface area contributed by atoms with Crippen molar-refractivity contribution < 1.29 is 9.59 Å². The maximum Gasteiger partial charge on any atom is 0.269 e. The van der Waals surface area contributed by atoms with E-state index in [2.05, 4.69) is 31.7 Å². The van der Waals surface area contributed by atoms with Crippen LogP contribution in [0.2, 0.25) is 0 Å². The summed E-state index contributed by atoms with van der Waals surface area (Å²) in [6, 6.07) is 11.0. The van der Waals surface area contributed by atoms with E-state index in [0.29, 0.717) is 17.9 Å². The molecule has 24 heavy (non-hydrogen) atoms. The van der Waals surface area contributed by atoms with Crippen molar-refractivity contribution in [1.29, 1.82) is 0 Å². The lowest BCUT2D eigenvalue weighted by molar-refractivity contribution is -0.120. The minimum atomic E-state index is -0.270. The van der Waals surface area contributed by atoms with Crippen LogP contribution in [-0.4, -0.2) is 16.8 Å². The number of hydrogen-bond donors (Lipinski definition) is 2. The largest absolute Gasteiger partial charge is 0.347 e. The van der Waals surface area contributed by atoms with Crippen LogP contribution in [0.3, 0.4) is 0 Å². The van der Waals surface area contributed by atoms with Gasteiger partial charge in [-0.25, -0.2) is 5.01 Å². The van der Waals surface area contributed by atoms with Crippen LogP contribution in [0.1, 0.15) is 12.0 Å². The second-order valence-electron chi connectivity index (χ2n) is 5.18. The number of benzene rings is 1. The van der Waals surface area contributed by atoms with Crippen LogP contribution in [0.15, 0.2) is 65.0 Å². The van der Waals surface area contributed by atoms with E-state index in [-0.39, 0.29) is 18.2 Å². The van der Waals surface area contributed by atoms with Crippen molar-refractivity contribution in [1.82, 2.24) is 15.7 Å². The molecule has 0 saturated carbocycles. The third kappa shape index (κ3) is 3.80. The summed E-state index contributed by atoms with van der Waals surface area (Å²) in [5.41, 5.74) is 4.81. The van der Waals surface area contributed by atoms with E-state index in [0.717, 1.165) is 10.0 Å². The highest BCUT2D eigenvalue weighted by Gasteiger charge is 2.23. The maximum absolute atomic E-state index is 12.3. The summed E-state index contributed by atoms with van der Waals surface area (Å²) < 4.78 is 0.917. The number of halogens is 1. The van der Waals surface area contributed by atoms with Crippen LogP contribution >= 0.6 is 15.9 Å². The van der Waals surface area contributed by atoms with Gasteiger partial charge in [-0.15, -0.1) is 0 Å². The maximum atomic E-state index is 12.3. The summed E-state index contributed by atoms with van der Waals surface area (Å²) >= 11 is 3.36. The van der Waals surface area contributed by atoms with Crippen molar-refractivity contribution in [3.63, 3.8) is 0 Å². The lowest BCUT2D eigenvalue weighted by atomic mass is 10.2. The molecule has 2 N–H and O–H groups in total. The van der Waals surface area contributed by atoms with Crippen molar-refractivity contribution in [3.05, 3.63) is 70.6 Å². The monoisotopic (exact) mass is 386 g/mol. The third-order valence-electron chi connectivity index (χ3n) is 3.47. The number of aromatic nitrogens is 1. The van der Waals surface area contributed by atoms with Crippen molar-refractivity contribution in [2.24, 2.45) is 0 Å². The SMILES string of the molecule is O=C(NCc1cccnc1)C1=CCC(=O)N(c2ccc(Br)cc2)N1. The quantitative estimate of drug-likeness (QED) is 0.845. The first-order chi connectivity index (χ1) is 11.6. The van der Waals surface area contributed by atoms with Gasteiger partial charge in [0.25, 0.3) is 5.91 Å². The molecule has 1 aliphatic heterocycles. The number of nitrogens with one attached hydrogen (secondary N) is 2. The second-order valence-corrected chi connectivity index (χ2v) is 6.10. The highest BCUT2D eigenvalue weighted by molar-refractivity contribution is 9.10. The number of carbonyl (C=O) groups is 2. The van der Waals surface area contributed by atoms with Crippen molar-refractivity contribution in [2.45, 2.75) is 13.0 Å². The Bertz CT molecular complexity index is 775. The van der Waals surface area contributed by atoms with Crippen molar-refractivity contribution in [2.75, 3.05) is 5.01 Å². The average molecular weight is 387 g/mol. The number of pyridine rings is 1. The molecule has 0 fully saturated rings. The van der Waals surface area contributed by atoms with Gasteiger partial charge >= 0.3 is 0 Å². The van der Waals surface area contributed by atoms with Gasteiger partial charge in [-0.05, 0) is 42.0 Å². The molecule has 0 aliphatic carbocycles. The van der Waals surface area contributed by atoms with Gasteiger partial charge in [0.1, 0.15) is 5.70 Å². The van der Waals surface area contributed by atoms with Gasteiger partial charge in [-0.2, -0.15) is 0 Å². The fourth-order valence-electron chi connectivity index (χ4n) is 2.23. The smallest absolute Gasteiger partial charge is 0.269 e. The van der Waals surface area contributed by atoms with Crippen molar-refractivity contribution >= 4 is 33.4 Å². The predicted octanol–water partition coefficient (Wildman–Crippen LogP) is 2.29. The van der Waals surface area contributed by atoms with Gasteiger partial charge in [0.05, 0.1) is 5.69 Å². The molecule has 1 aromatic carbocycles. The standard InChI is InChI=1S/C17H15BrN4O2/c18-13-3-5-14(6-4-13)22-16(23)8-7-15(21-22)17(24)20-11-12-2-1-9-19-10-12/h1-7,9-10,21H,8,11H2,(H,20,24). The highest BCUT2D eigenvalue weighted by atomic mass is 79.9. The zero-order valence-electron chi connectivity index (χ0n) is 12.7. The molecule has 2 heterocycles. The highest BCUT2D eigenvalue weighted by Crippen LogP contribution is 2.20. The minimum Gasteiger partial charge on any atom is -0.347 e. The molecule has 1 aromatic heterocycles. The molecule has 0 unspecified atom stereocenters. The molecule has 0 atom stereocenters. The molecule has 2 amide bonds. The van der Waals surface area contributed by atoms with E-state index in [1.54, 1.807) is 30.6 Å². The van der Waals surface area contributed by atoms with E-state index >= 15 is 0 Å². The second kappa shape index (κ2) is 7.27. The molecule has 3 rings (SSSR count). The summed E-state index contributed by atoms with van der Waals surface area (Å²) in [5.74, 6) is -0.394. The third-order valence-corrected chi connectivity index (χ3v) is 4.00. The van der Waals surface area contributed by atoms with E-state index in [9.17, 15) is 9.59 Å². The summed E-state index contributed by atoms with van der Waals surface area (Å²) in [4.78, 5) is 28.4. The molecule has 1 aliphatic rings. The van der Waals surface area contributed by atoms with Crippen LogP contribution in [0.4, 0.5) is 5.69 Å². The molecule has 0 radical (unpaired) electrons. The molecule has 0 saturated heterocycles. The lowest BCUT2D eigenvalue weighted by Crippen LogP contribution is -2.48. The van der Waals surface area contributed by atoms with Gasteiger partial charge in [0.15, 0.2) is 0 Å². The van der Waals surface area contributed by atoms with Crippen LogP contribution in [0.25, 0.3) is 0 Å². The normalized spacial score (nSPS) is 14.0. The van der Waals surface area contributed by atoms with Gasteiger partial charge in [-0.3, -0.25) is 20.0 Å². The zero-order chi connectivity index (χ0) is 16.9. The van der Waals surface area contributed by atoms with Crippen LogP contribution in [0, 0.1) is 0 Å². The Labute approximate surface area is 147 Å². The zero-order valence-corrected chi connectivity index (χ0v) is 14.3. The van der Waals surface area contributed by atoms with Gasteiger partial charge < -0.3 is 5.32 Å². The summed E-state index contributed by atoms with van der Waals surface area (Å²) in [6.45, 7) is 0.373. The van der Waals surface area contributed by atoms with Crippen LogP contribution in [0.5, 0.6) is 0 Å².